The molecule has 0 aliphatic carbocycles. The first-order chi connectivity index (χ1) is 10.9. The van der Waals surface area contributed by atoms with Gasteiger partial charge in [-0.15, -0.1) is 0 Å². The lowest BCUT2D eigenvalue weighted by atomic mass is 10.2. The molecule has 0 radical (unpaired) electrons. The van der Waals surface area contributed by atoms with Gasteiger partial charge in [-0.25, -0.2) is 0 Å². The van der Waals surface area contributed by atoms with E-state index in [1.807, 2.05) is 6.92 Å². The van der Waals surface area contributed by atoms with Crippen molar-refractivity contribution in [2.24, 2.45) is 0 Å². The highest BCUT2D eigenvalue weighted by molar-refractivity contribution is 9.10. The van der Waals surface area contributed by atoms with Crippen LogP contribution in [0.15, 0.2) is 58.0 Å². The van der Waals surface area contributed by atoms with Crippen molar-refractivity contribution in [3.05, 3.63) is 63.7 Å². The molecule has 0 bridgehead atoms. The van der Waals surface area contributed by atoms with Crippen molar-refractivity contribution in [1.29, 1.82) is 0 Å². The molecule has 7 heteroatoms. The first-order valence-electron chi connectivity index (χ1n) is 6.62. The maximum atomic E-state index is 12.5. The monoisotopic (exact) mass is 411 g/mol. The Morgan fingerprint density at radius 1 is 1.17 bits per heavy atom. The largest absolute Gasteiger partial charge is 0.377 e. The first-order valence-corrected chi connectivity index (χ1v) is 9.20. The molecule has 0 amide bonds. The normalized spacial score (nSPS) is 11.6. The van der Waals surface area contributed by atoms with Crippen LogP contribution in [0.4, 0.5) is 0 Å². The number of rotatable bonds is 3. The van der Waals surface area contributed by atoms with Gasteiger partial charge in [-0.05, 0) is 55.0 Å². The number of benzene rings is 2. The van der Waals surface area contributed by atoms with E-state index in [2.05, 4.69) is 20.9 Å². The molecule has 0 saturated carbocycles. The first kappa shape index (κ1) is 16.2. The fraction of sp³-hybridized carbons (Fsp3) is 0.0625. The van der Waals surface area contributed by atoms with E-state index >= 15 is 0 Å². The van der Waals surface area contributed by atoms with E-state index in [0.717, 1.165) is 10.0 Å². The van der Waals surface area contributed by atoms with Crippen LogP contribution < -0.4 is 4.18 Å². The summed E-state index contributed by atoms with van der Waals surface area (Å²) >= 11 is 9.45. The van der Waals surface area contributed by atoms with E-state index in [9.17, 15) is 8.42 Å². The second-order valence-corrected chi connectivity index (χ2v) is 7.70. The van der Waals surface area contributed by atoms with Crippen molar-refractivity contribution in [1.82, 2.24) is 4.98 Å². The maximum Gasteiger partial charge on any atom is 0.339 e. The fourth-order valence-corrected chi connectivity index (χ4v) is 3.60. The molecule has 0 unspecified atom stereocenters. The molecular weight excluding hydrogens is 402 g/mol. The molecule has 0 saturated heterocycles. The lowest BCUT2D eigenvalue weighted by molar-refractivity contribution is 0.488. The number of fused-ring (bicyclic) bond motifs is 1. The minimum absolute atomic E-state index is 0.0808. The zero-order valence-electron chi connectivity index (χ0n) is 12.0. The summed E-state index contributed by atoms with van der Waals surface area (Å²) in [6.07, 6.45) is 1.56. The summed E-state index contributed by atoms with van der Waals surface area (Å²) in [7, 11) is -3.96. The van der Waals surface area contributed by atoms with Gasteiger partial charge in [0.25, 0.3) is 0 Å². The molecule has 0 aliphatic heterocycles. The SMILES string of the molecule is Cc1cc(S(=O)(=O)Oc2ccc(Cl)c3cccnc23)ccc1Br. The lowest BCUT2D eigenvalue weighted by Gasteiger charge is -2.10. The Kier molecular flexibility index (Phi) is 4.31. The maximum absolute atomic E-state index is 12.5. The van der Waals surface area contributed by atoms with Gasteiger partial charge in [0.1, 0.15) is 10.4 Å². The van der Waals surface area contributed by atoms with Crippen LogP contribution in [0.25, 0.3) is 10.9 Å². The summed E-state index contributed by atoms with van der Waals surface area (Å²) in [6, 6.07) is 11.3. The van der Waals surface area contributed by atoms with Crippen molar-refractivity contribution < 1.29 is 12.6 Å². The highest BCUT2D eigenvalue weighted by atomic mass is 79.9. The molecule has 4 nitrogen and oxygen atoms in total. The van der Waals surface area contributed by atoms with Gasteiger partial charge in [-0.3, -0.25) is 4.98 Å². The Morgan fingerprint density at radius 2 is 1.96 bits per heavy atom. The smallest absolute Gasteiger partial charge is 0.339 e. The van der Waals surface area contributed by atoms with Crippen LogP contribution in [0.1, 0.15) is 5.56 Å². The highest BCUT2D eigenvalue weighted by Crippen LogP contribution is 2.32. The molecule has 1 aromatic heterocycles. The van der Waals surface area contributed by atoms with Crippen molar-refractivity contribution in [2.45, 2.75) is 11.8 Å². The van der Waals surface area contributed by atoms with Gasteiger partial charge >= 0.3 is 10.1 Å². The van der Waals surface area contributed by atoms with E-state index in [1.54, 1.807) is 36.5 Å². The third-order valence-electron chi connectivity index (χ3n) is 3.30. The van der Waals surface area contributed by atoms with Crippen LogP contribution in [0.2, 0.25) is 5.02 Å². The predicted molar refractivity (Wildman–Crippen MR) is 93.4 cm³/mol. The second kappa shape index (κ2) is 6.11. The number of aromatic nitrogens is 1. The van der Waals surface area contributed by atoms with E-state index in [-0.39, 0.29) is 10.6 Å². The van der Waals surface area contributed by atoms with Gasteiger partial charge in [-0.2, -0.15) is 8.42 Å². The summed E-state index contributed by atoms with van der Waals surface area (Å²) < 4.78 is 31.1. The summed E-state index contributed by atoms with van der Waals surface area (Å²) in [5, 5.41) is 1.12. The van der Waals surface area contributed by atoms with Crippen molar-refractivity contribution in [2.75, 3.05) is 0 Å². The molecule has 23 heavy (non-hydrogen) atoms. The molecule has 0 aliphatic rings. The number of hydrogen-bond donors (Lipinski definition) is 0. The van der Waals surface area contributed by atoms with Crippen molar-refractivity contribution in [3.8, 4) is 5.75 Å². The average molecular weight is 413 g/mol. The van der Waals surface area contributed by atoms with Crippen LogP contribution in [0.3, 0.4) is 0 Å². The second-order valence-electron chi connectivity index (χ2n) is 4.89. The van der Waals surface area contributed by atoms with Crippen LogP contribution in [0, 0.1) is 6.92 Å². The van der Waals surface area contributed by atoms with Gasteiger partial charge in [0.2, 0.25) is 0 Å². The van der Waals surface area contributed by atoms with Gasteiger partial charge < -0.3 is 4.18 Å². The van der Waals surface area contributed by atoms with Crippen molar-refractivity contribution >= 4 is 48.6 Å². The Hall–Kier alpha value is -1.63. The van der Waals surface area contributed by atoms with E-state index in [0.29, 0.717) is 15.9 Å². The Bertz CT molecular complexity index is 1010. The van der Waals surface area contributed by atoms with Crippen molar-refractivity contribution in [3.63, 3.8) is 0 Å². The minimum atomic E-state index is -3.96. The van der Waals surface area contributed by atoms with Gasteiger partial charge in [-0.1, -0.05) is 27.5 Å². The minimum Gasteiger partial charge on any atom is -0.377 e. The quantitative estimate of drug-likeness (QED) is 0.584. The number of halogens is 2. The topological polar surface area (TPSA) is 56.3 Å². The zero-order chi connectivity index (χ0) is 16.6. The van der Waals surface area contributed by atoms with Crippen LogP contribution >= 0.6 is 27.5 Å². The zero-order valence-corrected chi connectivity index (χ0v) is 15.1. The van der Waals surface area contributed by atoms with E-state index < -0.39 is 10.1 Å². The van der Waals surface area contributed by atoms with E-state index in [4.69, 9.17) is 15.8 Å². The van der Waals surface area contributed by atoms with Gasteiger partial charge in [0.15, 0.2) is 5.75 Å². The lowest BCUT2D eigenvalue weighted by Crippen LogP contribution is -2.10. The predicted octanol–water partition coefficient (Wildman–Crippen LogP) is 4.73. The third-order valence-corrected chi connectivity index (χ3v) is 5.75. The summed E-state index contributed by atoms with van der Waals surface area (Å²) in [5.41, 5.74) is 1.20. The summed E-state index contributed by atoms with van der Waals surface area (Å²) in [6.45, 7) is 1.81. The fourth-order valence-electron chi connectivity index (χ4n) is 2.12. The molecule has 0 N–H and O–H groups in total. The summed E-state index contributed by atoms with van der Waals surface area (Å²) in [5.74, 6) is 0.144. The molecule has 0 atom stereocenters. The van der Waals surface area contributed by atoms with Gasteiger partial charge in [0, 0.05) is 16.1 Å². The Labute approximate surface area is 147 Å². The number of pyridine rings is 1. The van der Waals surface area contributed by atoms with Crippen LogP contribution in [-0.4, -0.2) is 13.4 Å². The number of aryl methyl sites for hydroxylation is 1. The number of hydrogen-bond acceptors (Lipinski definition) is 4. The molecule has 118 valence electrons. The molecule has 2 aromatic carbocycles. The van der Waals surface area contributed by atoms with Crippen LogP contribution in [-0.2, 0) is 10.1 Å². The molecule has 3 rings (SSSR count). The van der Waals surface area contributed by atoms with E-state index in [1.165, 1.54) is 12.1 Å². The molecule has 0 fully saturated rings. The van der Waals surface area contributed by atoms with Gasteiger partial charge in [0.05, 0.1) is 5.02 Å². The Morgan fingerprint density at radius 3 is 2.70 bits per heavy atom. The molecule has 3 aromatic rings. The molecule has 0 spiro atoms. The standard InChI is InChI=1S/C16H11BrClNO3S/c1-10-9-11(4-5-13(10)17)23(20,21)22-15-7-6-14(18)12-3-2-8-19-16(12)15/h2-9H,1H3. The number of nitrogens with zero attached hydrogens (tertiary/aromatic N) is 1. The molecular formula is C16H11BrClNO3S. The highest BCUT2D eigenvalue weighted by Gasteiger charge is 2.19. The Balaban J connectivity index is 2.07. The third kappa shape index (κ3) is 3.20. The molecule has 1 heterocycles. The summed E-state index contributed by atoms with van der Waals surface area (Å²) in [4.78, 5) is 4.25. The average Bonchev–Trinajstić information content (AvgIpc) is 2.53. The van der Waals surface area contributed by atoms with Crippen LogP contribution in [0.5, 0.6) is 5.75 Å².